The molecule has 2 rings (SSSR count). The number of carbonyl (C=O) groups is 1. The first-order valence-electron chi connectivity index (χ1n) is 4.94. The summed E-state index contributed by atoms with van der Waals surface area (Å²) >= 11 is 2.11. The third kappa shape index (κ3) is 2.34. The van der Waals surface area contributed by atoms with Crippen molar-refractivity contribution in [1.29, 1.82) is 0 Å². The number of fused-ring (bicyclic) bond motifs is 1. The first kappa shape index (κ1) is 11.8. The maximum Gasteiger partial charge on any atom is 0.255 e. The van der Waals surface area contributed by atoms with Crippen molar-refractivity contribution in [2.45, 2.75) is 12.8 Å². The van der Waals surface area contributed by atoms with Crippen molar-refractivity contribution in [1.82, 2.24) is 4.90 Å². The molecule has 0 atom stereocenters. The lowest BCUT2D eigenvalue weighted by molar-refractivity contribution is 0.0538. The Balaban J connectivity index is 2.27. The maximum absolute atomic E-state index is 12.3. The molecule has 0 unspecified atom stereocenters. The van der Waals surface area contributed by atoms with Crippen LogP contribution in [0.5, 0.6) is 0 Å². The average molecular weight is 337 g/mol. The molecule has 0 saturated heterocycles. The molecule has 0 bridgehead atoms. The Morgan fingerprint density at radius 1 is 1.44 bits per heavy atom. The number of hydrogen-bond acceptors (Lipinski definition) is 1. The lowest BCUT2D eigenvalue weighted by Gasteiger charge is -2.28. The standard InChI is InChI=1S/C11H10F2INO/c12-10(13)6-15-4-3-7-1-2-8(14)5-9(7)11(15)16/h1-2,5,10H,3-4,6H2. The number of amides is 1. The minimum Gasteiger partial charge on any atom is -0.333 e. The van der Waals surface area contributed by atoms with Gasteiger partial charge in [-0.1, -0.05) is 6.07 Å². The van der Waals surface area contributed by atoms with Crippen LogP contribution in [-0.4, -0.2) is 30.3 Å². The number of carbonyl (C=O) groups excluding carboxylic acids is 1. The number of rotatable bonds is 2. The van der Waals surface area contributed by atoms with Gasteiger partial charge in [-0.25, -0.2) is 8.78 Å². The van der Waals surface area contributed by atoms with Crippen LogP contribution in [0.15, 0.2) is 18.2 Å². The van der Waals surface area contributed by atoms with Crippen LogP contribution in [0.2, 0.25) is 0 Å². The molecule has 1 heterocycles. The molecule has 2 nitrogen and oxygen atoms in total. The zero-order valence-corrected chi connectivity index (χ0v) is 10.6. The minimum atomic E-state index is -2.46. The summed E-state index contributed by atoms with van der Waals surface area (Å²) in [5.74, 6) is -0.278. The van der Waals surface area contributed by atoms with Gasteiger partial charge in [0.15, 0.2) is 0 Å². The molecule has 5 heteroatoms. The Kier molecular flexibility index (Phi) is 3.41. The fourth-order valence-corrected chi connectivity index (χ4v) is 2.33. The summed E-state index contributed by atoms with van der Waals surface area (Å²) < 4.78 is 25.5. The first-order valence-corrected chi connectivity index (χ1v) is 6.01. The van der Waals surface area contributed by atoms with Gasteiger partial charge in [-0.05, 0) is 46.7 Å². The average Bonchev–Trinajstić information content (AvgIpc) is 2.22. The molecule has 0 aromatic heterocycles. The van der Waals surface area contributed by atoms with Crippen LogP contribution in [0.25, 0.3) is 0 Å². The second-order valence-electron chi connectivity index (χ2n) is 3.69. The van der Waals surface area contributed by atoms with Crippen molar-refractivity contribution in [2.24, 2.45) is 0 Å². The Morgan fingerprint density at radius 2 is 2.19 bits per heavy atom. The zero-order chi connectivity index (χ0) is 11.7. The van der Waals surface area contributed by atoms with E-state index in [9.17, 15) is 13.6 Å². The Labute approximate surface area is 106 Å². The molecule has 0 saturated carbocycles. The second kappa shape index (κ2) is 4.65. The number of alkyl halides is 2. The van der Waals surface area contributed by atoms with Crippen molar-refractivity contribution in [3.63, 3.8) is 0 Å². The highest BCUT2D eigenvalue weighted by Gasteiger charge is 2.26. The van der Waals surface area contributed by atoms with Gasteiger partial charge in [0, 0.05) is 15.7 Å². The number of halogens is 3. The molecule has 1 aliphatic rings. The van der Waals surface area contributed by atoms with E-state index in [0.717, 1.165) is 9.13 Å². The smallest absolute Gasteiger partial charge is 0.255 e. The molecule has 0 aliphatic carbocycles. The third-order valence-corrected chi connectivity index (χ3v) is 3.27. The Bertz CT molecular complexity index is 422. The third-order valence-electron chi connectivity index (χ3n) is 2.60. The van der Waals surface area contributed by atoms with E-state index in [0.29, 0.717) is 18.5 Å². The monoisotopic (exact) mass is 337 g/mol. The molecule has 1 aromatic carbocycles. The van der Waals surface area contributed by atoms with Gasteiger partial charge in [0.1, 0.15) is 0 Å². The van der Waals surface area contributed by atoms with Gasteiger partial charge in [0.25, 0.3) is 12.3 Å². The van der Waals surface area contributed by atoms with Gasteiger partial charge in [-0.3, -0.25) is 4.79 Å². The van der Waals surface area contributed by atoms with E-state index in [2.05, 4.69) is 22.6 Å². The van der Waals surface area contributed by atoms with Gasteiger partial charge in [0.05, 0.1) is 6.54 Å². The topological polar surface area (TPSA) is 20.3 Å². The van der Waals surface area contributed by atoms with Crippen LogP contribution in [0.1, 0.15) is 15.9 Å². The van der Waals surface area contributed by atoms with Crippen LogP contribution in [0.4, 0.5) is 8.78 Å². The molecule has 0 fully saturated rings. The predicted molar refractivity (Wildman–Crippen MR) is 64.8 cm³/mol. The van der Waals surface area contributed by atoms with E-state index < -0.39 is 13.0 Å². The van der Waals surface area contributed by atoms with Crippen LogP contribution < -0.4 is 0 Å². The van der Waals surface area contributed by atoms with Crippen molar-refractivity contribution >= 4 is 28.5 Å². The molecular formula is C11H10F2INO. The van der Waals surface area contributed by atoms with Crippen molar-refractivity contribution in [3.05, 3.63) is 32.9 Å². The fraction of sp³-hybridized carbons (Fsp3) is 0.364. The summed E-state index contributed by atoms with van der Waals surface area (Å²) in [6.45, 7) is -0.0828. The van der Waals surface area contributed by atoms with Crippen molar-refractivity contribution in [2.75, 3.05) is 13.1 Å². The Hall–Kier alpha value is -0.720. The molecule has 0 N–H and O–H groups in total. The van der Waals surface area contributed by atoms with Crippen molar-refractivity contribution < 1.29 is 13.6 Å². The minimum absolute atomic E-state index is 0.278. The summed E-state index contributed by atoms with van der Waals surface area (Å²) in [5.41, 5.74) is 1.52. The molecule has 1 amide bonds. The summed E-state index contributed by atoms with van der Waals surface area (Å²) in [6, 6.07) is 5.58. The van der Waals surface area contributed by atoms with E-state index in [1.807, 2.05) is 12.1 Å². The van der Waals surface area contributed by atoms with E-state index in [-0.39, 0.29) is 5.91 Å². The fourth-order valence-electron chi connectivity index (χ4n) is 1.83. The summed E-state index contributed by atoms with van der Waals surface area (Å²) in [5, 5.41) is 0. The van der Waals surface area contributed by atoms with Crippen LogP contribution in [0, 0.1) is 3.57 Å². The van der Waals surface area contributed by atoms with Crippen molar-refractivity contribution in [3.8, 4) is 0 Å². The first-order chi connectivity index (χ1) is 7.58. The lowest BCUT2D eigenvalue weighted by Crippen LogP contribution is -2.40. The quantitative estimate of drug-likeness (QED) is 0.760. The number of benzene rings is 1. The van der Waals surface area contributed by atoms with Gasteiger partial charge in [-0.15, -0.1) is 0 Å². The molecule has 16 heavy (non-hydrogen) atoms. The van der Waals surface area contributed by atoms with Crippen LogP contribution in [-0.2, 0) is 6.42 Å². The normalized spacial score (nSPS) is 15.5. The molecule has 0 radical (unpaired) electrons. The summed E-state index contributed by atoms with van der Waals surface area (Å²) in [7, 11) is 0. The zero-order valence-electron chi connectivity index (χ0n) is 8.42. The highest BCUT2D eigenvalue weighted by atomic mass is 127. The van der Waals surface area contributed by atoms with E-state index in [4.69, 9.17) is 0 Å². The van der Waals surface area contributed by atoms with Gasteiger partial charge in [-0.2, -0.15) is 0 Å². The lowest BCUT2D eigenvalue weighted by atomic mass is 9.99. The number of nitrogens with zero attached hydrogens (tertiary/aromatic N) is 1. The van der Waals surface area contributed by atoms with E-state index >= 15 is 0 Å². The molecule has 86 valence electrons. The highest BCUT2D eigenvalue weighted by Crippen LogP contribution is 2.21. The summed E-state index contributed by atoms with van der Waals surface area (Å²) in [4.78, 5) is 13.1. The molecule has 1 aliphatic heterocycles. The molecule has 0 spiro atoms. The second-order valence-corrected chi connectivity index (χ2v) is 4.94. The predicted octanol–water partition coefficient (Wildman–Crippen LogP) is 2.55. The van der Waals surface area contributed by atoms with Gasteiger partial charge in [0.2, 0.25) is 0 Å². The molecule has 1 aromatic rings. The summed E-state index contributed by atoms with van der Waals surface area (Å²) in [6.07, 6.45) is -1.81. The molecular weight excluding hydrogens is 327 g/mol. The maximum atomic E-state index is 12.3. The van der Waals surface area contributed by atoms with Gasteiger partial charge < -0.3 is 4.90 Å². The van der Waals surface area contributed by atoms with Crippen LogP contribution in [0.3, 0.4) is 0 Å². The highest BCUT2D eigenvalue weighted by molar-refractivity contribution is 14.1. The van der Waals surface area contributed by atoms with E-state index in [1.54, 1.807) is 6.07 Å². The van der Waals surface area contributed by atoms with E-state index in [1.165, 1.54) is 4.90 Å². The Morgan fingerprint density at radius 3 is 2.88 bits per heavy atom. The number of hydrogen-bond donors (Lipinski definition) is 0. The SMILES string of the molecule is O=C1c2cc(I)ccc2CCN1CC(F)F. The largest absolute Gasteiger partial charge is 0.333 e. The van der Waals surface area contributed by atoms with Gasteiger partial charge >= 0.3 is 0 Å². The van der Waals surface area contributed by atoms with Crippen LogP contribution >= 0.6 is 22.6 Å².